The standard InChI is InChI=1S/C12H14FN3/c1-8(2)16-7-14-15-12(16)10-6-4-5-9(3)11(10)13/h4-8H,1-3H3. The van der Waals surface area contributed by atoms with Crippen molar-refractivity contribution in [3.05, 3.63) is 35.9 Å². The van der Waals surface area contributed by atoms with Crippen LogP contribution in [0.15, 0.2) is 24.5 Å². The van der Waals surface area contributed by atoms with Crippen molar-refractivity contribution in [3.63, 3.8) is 0 Å². The molecule has 3 nitrogen and oxygen atoms in total. The van der Waals surface area contributed by atoms with Crippen LogP contribution in [0.5, 0.6) is 0 Å². The molecule has 2 rings (SSSR count). The molecule has 0 radical (unpaired) electrons. The molecule has 0 atom stereocenters. The predicted molar refractivity (Wildman–Crippen MR) is 60.5 cm³/mol. The van der Waals surface area contributed by atoms with E-state index in [1.807, 2.05) is 24.5 Å². The minimum atomic E-state index is -0.225. The maximum Gasteiger partial charge on any atom is 0.166 e. The topological polar surface area (TPSA) is 30.7 Å². The van der Waals surface area contributed by atoms with E-state index < -0.39 is 0 Å². The Labute approximate surface area is 93.9 Å². The Morgan fingerprint density at radius 3 is 2.75 bits per heavy atom. The maximum atomic E-state index is 13.9. The average molecular weight is 219 g/mol. The first-order valence-corrected chi connectivity index (χ1v) is 5.26. The van der Waals surface area contributed by atoms with Gasteiger partial charge < -0.3 is 4.57 Å². The monoisotopic (exact) mass is 219 g/mol. The number of aryl methyl sites for hydroxylation is 1. The number of hydrogen-bond donors (Lipinski definition) is 0. The van der Waals surface area contributed by atoms with Crippen LogP contribution in [0.1, 0.15) is 25.5 Å². The molecule has 16 heavy (non-hydrogen) atoms. The molecule has 0 amide bonds. The molecular formula is C12H14FN3. The minimum absolute atomic E-state index is 0.213. The summed E-state index contributed by atoms with van der Waals surface area (Å²) in [4.78, 5) is 0. The number of halogens is 1. The van der Waals surface area contributed by atoms with Crippen molar-refractivity contribution >= 4 is 0 Å². The van der Waals surface area contributed by atoms with Crippen molar-refractivity contribution in [2.24, 2.45) is 0 Å². The fourth-order valence-corrected chi connectivity index (χ4v) is 1.63. The summed E-state index contributed by atoms with van der Waals surface area (Å²) in [5.41, 5.74) is 1.13. The molecule has 0 aliphatic heterocycles. The lowest BCUT2D eigenvalue weighted by atomic mass is 10.1. The summed E-state index contributed by atoms with van der Waals surface area (Å²) in [6, 6.07) is 5.51. The first kappa shape index (κ1) is 10.8. The Morgan fingerprint density at radius 2 is 2.06 bits per heavy atom. The van der Waals surface area contributed by atoms with Crippen LogP contribution in [0, 0.1) is 12.7 Å². The van der Waals surface area contributed by atoms with Gasteiger partial charge in [-0.15, -0.1) is 10.2 Å². The van der Waals surface area contributed by atoms with Crippen molar-refractivity contribution in [1.29, 1.82) is 0 Å². The van der Waals surface area contributed by atoms with E-state index in [0.29, 0.717) is 17.0 Å². The average Bonchev–Trinajstić information content (AvgIpc) is 2.70. The lowest BCUT2D eigenvalue weighted by Crippen LogP contribution is -2.03. The van der Waals surface area contributed by atoms with Gasteiger partial charge in [-0.05, 0) is 32.4 Å². The van der Waals surface area contributed by atoms with Gasteiger partial charge in [0.2, 0.25) is 0 Å². The van der Waals surface area contributed by atoms with E-state index in [4.69, 9.17) is 0 Å². The number of benzene rings is 1. The molecule has 0 unspecified atom stereocenters. The molecule has 1 heterocycles. The molecule has 0 saturated heterocycles. The summed E-state index contributed by atoms with van der Waals surface area (Å²) in [6.07, 6.45) is 1.63. The third-order valence-corrected chi connectivity index (χ3v) is 2.56. The first-order chi connectivity index (χ1) is 7.61. The van der Waals surface area contributed by atoms with Gasteiger partial charge in [-0.2, -0.15) is 0 Å². The van der Waals surface area contributed by atoms with Crippen LogP contribution in [0.2, 0.25) is 0 Å². The van der Waals surface area contributed by atoms with Gasteiger partial charge >= 0.3 is 0 Å². The van der Waals surface area contributed by atoms with Crippen LogP contribution in [0.25, 0.3) is 11.4 Å². The lowest BCUT2D eigenvalue weighted by molar-refractivity contribution is 0.592. The van der Waals surface area contributed by atoms with Crippen LogP contribution in [-0.4, -0.2) is 14.8 Å². The predicted octanol–water partition coefficient (Wildman–Crippen LogP) is 2.97. The Bertz CT molecular complexity index is 503. The van der Waals surface area contributed by atoms with Gasteiger partial charge in [0, 0.05) is 6.04 Å². The third-order valence-electron chi connectivity index (χ3n) is 2.56. The van der Waals surface area contributed by atoms with Gasteiger partial charge in [0.15, 0.2) is 5.82 Å². The van der Waals surface area contributed by atoms with Crippen molar-refractivity contribution in [1.82, 2.24) is 14.8 Å². The minimum Gasteiger partial charge on any atom is -0.311 e. The SMILES string of the molecule is Cc1cccc(-c2nncn2C(C)C)c1F. The molecule has 1 aromatic heterocycles. The summed E-state index contributed by atoms with van der Waals surface area (Å²) < 4.78 is 15.8. The molecule has 0 bridgehead atoms. The van der Waals surface area contributed by atoms with E-state index >= 15 is 0 Å². The first-order valence-electron chi connectivity index (χ1n) is 5.26. The fraction of sp³-hybridized carbons (Fsp3) is 0.333. The number of aromatic nitrogens is 3. The van der Waals surface area contributed by atoms with Gasteiger partial charge in [0.25, 0.3) is 0 Å². The molecule has 84 valence electrons. The highest BCUT2D eigenvalue weighted by Gasteiger charge is 2.14. The highest BCUT2D eigenvalue weighted by molar-refractivity contribution is 5.57. The largest absolute Gasteiger partial charge is 0.311 e. The molecule has 0 aliphatic rings. The Balaban J connectivity index is 2.59. The second kappa shape index (κ2) is 4.04. The Hall–Kier alpha value is -1.71. The van der Waals surface area contributed by atoms with E-state index in [-0.39, 0.29) is 11.9 Å². The van der Waals surface area contributed by atoms with Crippen LogP contribution >= 0.6 is 0 Å². The van der Waals surface area contributed by atoms with Crippen LogP contribution in [0.3, 0.4) is 0 Å². The van der Waals surface area contributed by atoms with E-state index in [1.165, 1.54) is 0 Å². The molecule has 1 aromatic carbocycles. The quantitative estimate of drug-likeness (QED) is 0.777. The molecule has 0 N–H and O–H groups in total. The van der Waals surface area contributed by atoms with Gasteiger partial charge in [-0.1, -0.05) is 12.1 Å². The zero-order valence-corrected chi connectivity index (χ0v) is 9.61. The van der Waals surface area contributed by atoms with Gasteiger partial charge in [-0.25, -0.2) is 4.39 Å². The van der Waals surface area contributed by atoms with Crippen molar-refractivity contribution < 1.29 is 4.39 Å². The number of nitrogens with zero attached hydrogens (tertiary/aromatic N) is 3. The molecular weight excluding hydrogens is 205 g/mol. The summed E-state index contributed by atoms with van der Waals surface area (Å²) in [5.74, 6) is 0.355. The molecule has 2 aromatic rings. The normalized spacial score (nSPS) is 11.1. The molecule has 4 heteroatoms. The van der Waals surface area contributed by atoms with Gasteiger partial charge in [-0.3, -0.25) is 0 Å². The van der Waals surface area contributed by atoms with Crippen molar-refractivity contribution in [2.75, 3.05) is 0 Å². The zero-order valence-electron chi connectivity index (χ0n) is 9.61. The molecule has 0 spiro atoms. The number of hydrogen-bond acceptors (Lipinski definition) is 2. The third kappa shape index (κ3) is 1.71. The smallest absolute Gasteiger partial charge is 0.166 e. The summed E-state index contributed by atoms with van der Waals surface area (Å²) >= 11 is 0. The van der Waals surface area contributed by atoms with E-state index in [9.17, 15) is 4.39 Å². The lowest BCUT2D eigenvalue weighted by Gasteiger charge is -2.11. The Kier molecular flexibility index (Phi) is 2.73. The van der Waals surface area contributed by atoms with Gasteiger partial charge in [0.05, 0.1) is 5.56 Å². The highest BCUT2D eigenvalue weighted by atomic mass is 19.1. The van der Waals surface area contributed by atoms with Crippen molar-refractivity contribution in [3.8, 4) is 11.4 Å². The molecule has 0 saturated carbocycles. The van der Waals surface area contributed by atoms with E-state index in [0.717, 1.165) is 0 Å². The molecule has 0 aliphatic carbocycles. The second-order valence-electron chi connectivity index (χ2n) is 4.09. The summed E-state index contributed by atoms with van der Waals surface area (Å²) in [6.45, 7) is 5.77. The maximum absolute atomic E-state index is 13.9. The van der Waals surface area contributed by atoms with Crippen molar-refractivity contribution in [2.45, 2.75) is 26.8 Å². The van der Waals surface area contributed by atoms with Gasteiger partial charge in [0.1, 0.15) is 12.1 Å². The van der Waals surface area contributed by atoms with Crippen LogP contribution in [-0.2, 0) is 0 Å². The van der Waals surface area contributed by atoms with E-state index in [1.54, 1.807) is 25.4 Å². The fourth-order valence-electron chi connectivity index (χ4n) is 1.63. The van der Waals surface area contributed by atoms with E-state index in [2.05, 4.69) is 10.2 Å². The summed E-state index contributed by atoms with van der Waals surface area (Å²) in [5, 5.41) is 7.82. The number of rotatable bonds is 2. The van der Waals surface area contributed by atoms with Crippen LogP contribution < -0.4 is 0 Å². The second-order valence-corrected chi connectivity index (χ2v) is 4.09. The van der Waals surface area contributed by atoms with Crippen LogP contribution in [0.4, 0.5) is 4.39 Å². The summed E-state index contributed by atoms with van der Waals surface area (Å²) in [7, 11) is 0. The molecule has 0 fully saturated rings. The highest BCUT2D eigenvalue weighted by Crippen LogP contribution is 2.24. The Morgan fingerprint density at radius 1 is 1.31 bits per heavy atom. The zero-order chi connectivity index (χ0) is 11.7.